The number of hydrogen-bond donors (Lipinski definition) is 2. The van der Waals surface area contributed by atoms with E-state index in [1.807, 2.05) is 13.8 Å². The van der Waals surface area contributed by atoms with Crippen molar-refractivity contribution in [2.24, 2.45) is 0 Å². The molecule has 1 atom stereocenters. The fraction of sp³-hybridized carbons (Fsp3) is 0.462. The van der Waals surface area contributed by atoms with Gasteiger partial charge in [0.25, 0.3) is 0 Å². The maximum atomic E-state index is 12.9. The Bertz CT molecular complexity index is 385. The molecule has 0 saturated carbocycles. The van der Waals surface area contributed by atoms with Gasteiger partial charge in [0.05, 0.1) is 12.6 Å². The first-order valence-corrected chi connectivity index (χ1v) is 5.99. The second-order valence-electron chi connectivity index (χ2n) is 3.96. The van der Waals surface area contributed by atoms with E-state index in [9.17, 15) is 9.18 Å². The molecule has 0 spiro atoms. The summed E-state index contributed by atoms with van der Waals surface area (Å²) in [5, 5.41) is 5.58. The molecule has 4 nitrogen and oxygen atoms in total. The minimum absolute atomic E-state index is 0.0666. The van der Waals surface area contributed by atoms with Gasteiger partial charge >= 0.3 is 0 Å². The van der Waals surface area contributed by atoms with Crippen molar-refractivity contribution in [1.29, 1.82) is 0 Å². The molecule has 0 radical (unpaired) electrons. The molecule has 0 saturated heterocycles. The molecule has 18 heavy (non-hydrogen) atoms. The van der Waals surface area contributed by atoms with E-state index >= 15 is 0 Å². The Morgan fingerprint density at radius 2 is 2.28 bits per heavy atom. The molecule has 1 aromatic carbocycles. The quantitative estimate of drug-likeness (QED) is 0.780. The van der Waals surface area contributed by atoms with Crippen molar-refractivity contribution in [3.05, 3.63) is 30.1 Å². The monoisotopic (exact) mass is 254 g/mol. The first kappa shape index (κ1) is 14.6. The lowest BCUT2D eigenvalue weighted by Crippen LogP contribution is -2.33. The number of carbonyl (C=O) groups excluding carboxylic acids is 1. The fourth-order valence-corrected chi connectivity index (χ4v) is 1.50. The van der Waals surface area contributed by atoms with Crippen molar-refractivity contribution >= 4 is 11.6 Å². The van der Waals surface area contributed by atoms with Crippen LogP contribution in [0.5, 0.6) is 0 Å². The first-order valence-electron chi connectivity index (χ1n) is 5.99. The lowest BCUT2D eigenvalue weighted by molar-refractivity contribution is -0.115. The van der Waals surface area contributed by atoms with E-state index in [1.54, 1.807) is 12.1 Å². The van der Waals surface area contributed by atoms with E-state index in [0.29, 0.717) is 18.8 Å². The summed E-state index contributed by atoms with van der Waals surface area (Å²) in [6.45, 7) is 5.28. The molecule has 1 amide bonds. The van der Waals surface area contributed by atoms with Crippen LogP contribution in [0.25, 0.3) is 0 Å². The predicted octanol–water partition coefficient (Wildman–Crippen LogP) is 1.78. The number of halogens is 1. The van der Waals surface area contributed by atoms with Crippen LogP contribution in [0.4, 0.5) is 10.1 Å². The summed E-state index contributed by atoms with van der Waals surface area (Å²) in [6, 6.07) is 5.80. The molecule has 0 heterocycles. The Labute approximate surface area is 107 Å². The van der Waals surface area contributed by atoms with Gasteiger partial charge in [-0.15, -0.1) is 0 Å². The van der Waals surface area contributed by atoms with Crippen molar-refractivity contribution < 1.29 is 13.9 Å². The SMILES string of the molecule is CCOC(C)CNCC(=O)Nc1cccc(F)c1. The van der Waals surface area contributed by atoms with Crippen molar-refractivity contribution in [1.82, 2.24) is 5.32 Å². The van der Waals surface area contributed by atoms with Crippen molar-refractivity contribution in [3.63, 3.8) is 0 Å². The van der Waals surface area contributed by atoms with Crippen LogP contribution in [-0.2, 0) is 9.53 Å². The fourth-order valence-electron chi connectivity index (χ4n) is 1.50. The largest absolute Gasteiger partial charge is 0.377 e. The van der Waals surface area contributed by atoms with Gasteiger partial charge in [0.1, 0.15) is 5.82 Å². The van der Waals surface area contributed by atoms with E-state index in [4.69, 9.17) is 4.74 Å². The zero-order chi connectivity index (χ0) is 13.4. The van der Waals surface area contributed by atoms with Crippen molar-refractivity contribution in [2.45, 2.75) is 20.0 Å². The highest BCUT2D eigenvalue weighted by Crippen LogP contribution is 2.08. The molecule has 1 unspecified atom stereocenters. The molecule has 100 valence electrons. The molecule has 2 N–H and O–H groups in total. The molecular formula is C13H19FN2O2. The molecule has 0 aromatic heterocycles. The number of anilines is 1. The Morgan fingerprint density at radius 1 is 1.50 bits per heavy atom. The Balaban J connectivity index is 2.25. The molecule has 5 heteroatoms. The molecular weight excluding hydrogens is 235 g/mol. The van der Waals surface area contributed by atoms with Gasteiger partial charge in [0.15, 0.2) is 0 Å². The summed E-state index contributed by atoms with van der Waals surface area (Å²) < 4.78 is 18.2. The summed E-state index contributed by atoms with van der Waals surface area (Å²) in [6.07, 6.45) is 0.0666. The topological polar surface area (TPSA) is 50.4 Å². The van der Waals surface area contributed by atoms with Gasteiger partial charge in [-0.05, 0) is 32.0 Å². The van der Waals surface area contributed by atoms with Crippen molar-refractivity contribution in [2.75, 3.05) is 25.0 Å². The predicted molar refractivity (Wildman–Crippen MR) is 69.0 cm³/mol. The Kier molecular flexibility index (Phi) is 6.32. The lowest BCUT2D eigenvalue weighted by atomic mass is 10.3. The van der Waals surface area contributed by atoms with Crippen LogP contribution in [0, 0.1) is 5.82 Å². The summed E-state index contributed by atoms with van der Waals surface area (Å²) in [7, 11) is 0. The molecule has 1 rings (SSSR count). The number of rotatable bonds is 7. The molecule has 0 fully saturated rings. The van der Waals surface area contributed by atoms with Crippen LogP contribution in [-0.4, -0.2) is 31.7 Å². The summed E-state index contributed by atoms with van der Waals surface area (Å²) >= 11 is 0. The number of benzene rings is 1. The second kappa shape index (κ2) is 7.79. The third-order valence-electron chi connectivity index (χ3n) is 2.28. The molecule has 0 aliphatic carbocycles. The zero-order valence-electron chi connectivity index (χ0n) is 10.7. The highest BCUT2D eigenvalue weighted by molar-refractivity contribution is 5.92. The standard InChI is InChI=1S/C13H19FN2O2/c1-3-18-10(2)8-15-9-13(17)16-12-6-4-5-11(14)7-12/h4-7,10,15H,3,8-9H2,1-2H3,(H,16,17). The normalized spacial score (nSPS) is 12.2. The minimum atomic E-state index is -0.370. The van der Waals surface area contributed by atoms with Crippen LogP contribution in [0.2, 0.25) is 0 Å². The number of nitrogens with one attached hydrogen (secondary N) is 2. The number of hydrogen-bond acceptors (Lipinski definition) is 3. The summed E-state index contributed by atoms with van der Waals surface area (Å²) in [5.41, 5.74) is 0.458. The molecule has 1 aromatic rings. The highest BCUT2D eigenvalue weighted by Gasteiger charge is 2.04. The average molecular weight is 254 g/mol. The van der Waals surface area contributed by atoms with Gasteiger partial charge in [0, 0.05) is 18.8 Å². The van der Waals surface area contributed by atoms with Gasteiger partial charge in [-0.3, -0.25) is 4.79 Å². The summed E-state index contributed by atoms with van der Waals surface area (Å²) in [4.78, 5) is 11.5. The maximum absolute atomic E-state index is 12.9. The summed E-state index contributed by atoms with van der Waals surface area (Å²) in [5.74, 6) is -0.574. The van der Waals surface area contributed by atoms with Crippen LogP contribution in [0.1, 0.15) is 13.8 Å². The van der Waals surface area contributed by atoms with Gasteiger partial charge < -0.3 is 15.4 Å². The smallest absolute Gasteiger partial charge is 0.238 e. The van der Waals surface area contributed by atoms with Crippen LogP contribution in [0.15, 0.2) is 24.3 Å². The van der Waals surface area contributed by atoms with E-state index < -0.39 is 0 Å². The molecule has 0 aliphatic rings. The van der Waals surface area contributed by atoms with Crippen LogP contribution in [0.3, 0.4) is 0 Å². The number of ether oxygens (including phenoxy) is 1. The lowest BCUT2D eigenvalue weighted by Gasteiger charge is -2.12. The minimum Gasteiger partial charge on any atom is -0.377 e. The van der Waals surface area contributed by atoms with Crippen LogP contribution >= 0.6 is 0 Å². The Hall–Kier alpha value is -1.46. The third-order valence-corrected chi connectivity index (χ3v) is 2.28. The van der Waals surface area contributed by atoms with Gasteiger partial charge in [-0.1, -0.05) is 6.07 Å². The van der Waals surface area contributed by atoms with Gasteiger partial charge in [-0.2, -0.15) is 0 Å². The number of carbonyl (C=O) groups is 1. The Morgan fingerprint density at radius 3 is 2.94 bits per heavy atom. The van der Waals surface area contributed by atoms with E-state index in [1.165, 1.54) is 12.1 Å². The zero-order valence-corrected chi connectivity index (χ0v) is 10.7. The maximum Gasteiger partial charge on any atom is 0.238 e. The van der Waals surface area contributed by atoms with E-state index in [0.717, 1.165) is 0 Å². The second-order valence-corrected chi connectivity index (χ2v) is 3.96. The van der Waals surface area contributed by atoms with E-state index in [-0.39, 0.29) is 24.4 Å². The molecule has 0 bridgehead atoms. The average Bonchev–Trinajstić information content (AvgIpc) is 2.29. The highest BCUT2D eigenvalue weighted by atomic mass is 19.1. The first-order chi connectivity index (χ1) is 8.61. The van der Waals surface area contributed by atoms with Gasteiger partial charge in [0.2, 0.25) is 5.91 Å². The number of amides is 1. The third kappa shape index (κ3) is 5.75. The van der Waals surface area contributed by atoms with Gasteiger partial charge in [-0.25, -0.2) is 4.39 Å². The van der Waals surface area contributed by atoms with E-state index in [2.05, 4.69) is 10.6 Å². The molecule has 0 aliphatic heterocycles. The van der Waals surface area contributed by atoms with Crippen LogP contribution < -0.4 is 10.6 Å². The van der Waals surface area contributed by atoms with Crippen molar-refractivity contribution in [3.8, 4) is 0 Å².